The molecule has 0 aromatic heterocycles. The van der Waals surface area contributed by atoms with Gasteiger partial charge >= 0.3 is 0 Å². The molecule has 0 aliphatic rings. The maximum atomic E-state index is 13.4. The van der Waals surface area contributed by atoms with Crippen molar-refractivity contribution in [1.82, 2.24) is 0 Å². The molecule has 146 valence electrons. The zero-order valence-corrected chi connectivity index (χ0v) is 17.8. The standard InChI is InChI=1S/C23H23BrFNO2/c1-15-6-4-9-21(16(15)2)26-13-18-11-20(24)23(22(12-18)27-3)28-14-17-7-5-8-19(25)10-17/h4-12,26H,13-14H2,1-3H3. The summed E-state index contributed by atoms with van der Waals surface area (Å²) in [5, 5.41) is 3.47. The molecular formula is C23H23BrFNO2. The second kappa shape index (κ2) is 9.11. The van der Waals surface area contributed by atoms with Crippen LogP contribution in [0.5, 0.6) is 11.5 Å². The minimum atomic E-state index is -0.278. The van der Waals surface area contributed by atoms with E-state index in [1.165, 1.54) is 23.3 Å². The molecule has 0 saturated carbocycles. The molecular weight excluding hydrogens is 421 g/mol. The highest BCUT2D eigenvalue weighted by molar-refractivity contribution is 9.10. The van der Waals surface area contributed by atoms with E-state index in [-0.39, 0.29) is 12.4 Å². The van der Waals surface area contributed by atoms with Crippen molar-refractivity contribution >= 4 is 21.6 Å². The number of aryl methyl sites for hydroxylation is 1. The fourth-order valence-electron chi connectivity index (χ4n) is 2.94. The summed E-state index contributed by atoms with van der Waals surface area (Å²) in [4.78, 5) is 0. The van der Waals surface area contributed by atoms with Crippen molar-refractivity contribution in [3.63, 3.8) is 0 Å². The van der Waals surface area contributed by atoms with E-state index in [0.717, 1.165) is 21.3 Å². The molecule has 3 aromatic rings. The highest BCUT2D eigenvalue weighted by Crippen LogP contribution is 2.37. The Kier molecular flexibility index (Phi) is 6.57. The van der Waals surface area contributed by atoms with E-state index in [1.807, 2.05) is 24.3 Å². The van der Waals surface area contributed by atoms with E-state index < -0.39 is 0 Å². The predicted octanol–water partition coefficient (Wildman–Crippen LogP) is 6.40. The second-order valence-corrected chi connectivity index (χ2v) is 7.48. The van der Waals surface area contributed by atoms with Gasteiger partial charge in [0.25, 0.3) is 0 Å². The molecule has 0 aliphatic carbocycles. The van der Waals surface area contributed by atoms with Gasteiger partial charge in [-0.2, -0.15) is 0 Å². The summed E-state index contributed by atoms with van der Waals surface area (Å²) < 4.78 is 25.6. The lowest BCUT2D eigenvalue weighted by atomic mass is 10.1. The summed E-state index contributed by atoms with van der Waals surface area (Å²) >= 11 is 3.57. The SMILES string of the molecule is COc1cc(CNc2cccc(C)c2C)cc(Br)c1OCc1cccc(F)c1. The molecule has 0 fully saturated rings. The molecule has 1 N–H and O–H groups in total. The number of nitrogens with one attached hydrogen (secondary N) is 1. The fraction of sp³-hybridized carbons (Fsp3) is 0.217. The van der Waals surface area contributed by atoms with Crippen molar-refractivity contribution in [2.45, 2.75) is 27.0 Å². The third kappa shape index (κ3) is 4.84. The Balaban J connectivity index is 1.74. The van der Waals surface area contributed by atoms with Gasteiger partial charge in [-0.15, -0.1) is 0 Å². The zero-order chi connectivity index (χ0) is 20.1. The molecule has 0 aliphatic heterocycles. The van der Waals surface area contributed by atoms with E-state index in [4.69, 9.17) is 9.47 Å². The Hall–Kier alpha value is -2.53. The van der Waals surface area contributed by atoms with Crippen LogP contribution in [0.1, 0.15) is 22.3 Å². The molecule has 0 bridgehead atoms. The van der Waals surface area contributed by atoms with Crippen LogP contribution in [-0.4, -0.2) is 7.11 Å². The Morgan fingerprint density at radius 1 is 1.00 bits per heavy atom. The van der Waals surface area contributed by atoms with Crippen LogP contribution in [-0.2, 0) is 13.2 Å². The van der Waals surface area contributed by atoms with Crippen molar-refractivity contribution in [3.05, 3.63) is 87.1 Å². The van der Waals surface area contributed by atoms with Crippen LogP contribution in [0.2, 0.25) is 0 Å². The number of rotatable bonds is 7. The summed E-state index contributed by atoms with van der Waals surface area (Å²) in [6.07, 6.45) is 0. The minimum Gasteiger partial charge on any atom is -0.493 e. The lowest BCUT2D eigenvalue weighted by Gasteiger charge is -2.16. The third-order valence-electron chi connectivity index (χ3n) is 4.65. The molecule has 0 spiro atoms. The van der Waals surface area contributed by atoms with E-state index in [0.29, 0.717) is 18.0 Å². The highest BCUT2D eigenvalue weighted by atomic mass is 79.9. The minimum absolute atomic E-state index is 0.257. The van der Waals surface area contributed by atoms with Crippen LogP contribution in [0.25, 0.3) is 0 Å². The van der Waals surface area contributed by atoms with Gasteiger partial charge in [0.2, 0.25) is 0 Å². The van der Waals surface area contributed by atoms with Gasteiger partial charge in [0.15, 0.2) is 11.5 Å². The molecule has 3 nitrogen and oxygen atoms in total. The average molecular weight is 444 g/mol. The molecule has 0 heterocycles. The van der Waals surface area contributed by atoms with E-state index >= 15 is 0 Å². The smallest absolute Gasteiger partial charge is 0.175 e. The maximum absolute atomic E-state index is 13.4. The zero-order valence-electron chi connectivity index (χ0n) is 16.2. The van der Waals surface area contributed by atoms with E-state index in [2.05, 4.69) is 47.2 Å². The molecule has 3 aromatic carbocycles. The average Bonchev–Trinajstić information content (AvgIpc) is 2.68. The largest absolute Gasteiger partial charge is 0.493 e. The van der Waals surface area contributed by atoms with Crippen molar-refractivity contribution in [3.8, 4) is 11.5 Å². The van der Waals surface area contributed by atoms with E-state index in [9.17, 15) is 4.39 Å². The number of benzene rings is 3. The summed E-state index contributed by atoms with van der Waals surface area (Å²) in [7, 11) is 1.61. The molecule has 3 rings (SSSR count). The molecule has 0 amide bonds. The molecule has 5 heteroatoms. The van der Waals surface area contributed by atoms with Crippen LogP contribution in [0.4, 0.5) is 10.1 Å². The van der Waals surface area contributed by atoms with Gasteiger partial charge in [0, 0.05) is 12.2 Å². The number of methoxy groups -OCH3 is 1. The van der Waals surface area contributed by atoms with Crippen molar-refractivity contribution in [2.24, 2.45) is 0 Å². The Morgan fingerprint density at radius 3 is 2.54 bits per heavy atom. The molecule has 0 saturated heterocycles. The first-order chi connectivity index (χ1) is 13.5. The number of halogens is 2. The van der Waals surface area contributed by atoms with Crippen molar-refractivity contribution < 1.29 is 13.9 Å². The van der Waals surface area contributed by atoms with Crippen LogP contribution >= 0.6 is 15.9 Å². The van der Waals surface area contributed by atoms with Crippen molar-refractivity contribution in [1.29, 1.82) is 0 Å². The number of hydrogen-bond donors (Lipinski definition) is 1. The maximum Gasteiger partial charge on any atom is 0.175 e. The third-order valence-corrected chi connectivity index (χ3v) is 5.24. The quantitative estimate of drug-likeness (QED) is 0.457. The first-order valence-electron chi connectivity index (χ1n) is 9.01. The summed E-state index contributed by atoms with van der Waals surface area (Å²) in [6, 6.07) is 16.5. The highest BCUT2D eigenvalue weighted by Gasteiger charge is 2.13. The van der Waals surface area contributed by atoms with Gasteiger partial charge in [-0.05, 0) is 82.4 Å². The Bertz CT molecular complexity index is 975. The molecule has 0 unspecified atom stereocenters. The number of anilines is 1. The summed E-state index contributed by atoms with van der Waals surface area (Å²) in [5.74, 6) is 0.950. The summed E-state index contributed by atoms with van der Waals surface area (Å²) in [5.41, 5.74) is 5.42. The Labute approximate surface area is 173 Å². The van der Waals surface area contributed by atoms with Gasteiger partial charge < -0.3 is 14.8 Å². The van der Waals surface area contributed by atoms with Crippen LogP contribution in [0.15, 0.2) is 59.1 Å². The molecule has 0 radical (unpaired) electrons. The van der Waals surface area contributed by atoms with E-state index in [1.54, 1.807) is 13.2 Å². The van der Waals surface area contributed by atoms with Crippen molar-refractivity contribution in [2.75, 3.05) is 12.4 Å². The first kappa shape index (κ1) is 20.2. The number of ether oxygens (including phenoxy) is 2. The first-order valence-corrected chi connectivity index (χ1v) is 9.81. The van der Waals surface area contributed by atoms with Crippen LogP contribution in [0, 0.1) is 19.7 Å². The van der Waals surface area contributed by atoms with Gasteiger partial charge in [0.1, 0.15) is 12.4 Å². The van der Waals surface area contributed by atoms with Crippen LogP contribution in [0.3, 0.4) is 0 Å². The normalized spacial score (nSPS) is 10.6. The van der Waals surface area contributed by atoms with Gasteiger partial charge in [0.05, 0.1) is 11.6 Å². The number of hydrogen-bond acceptors (Lipinski definition) is 3. The topological polar surface area (TPSA) is 30.5 Å². The lowest BCUT2D eigenvalue weighted by Crippen LogP contribution is -2.04. The Morgan fingerprint density at radius 2 is 1.79 bits per heavy atom. The fourth-order valence-corrected chi connectivity index (χ4v) is 3.54. The van der Waals surface area contributed by atoms with Crippen LogP contribution < -0.4 is 14.8 Å². The van der Waals surface area contributed by atoms with Gasteiger partial charge in [-0.3, -0.25) is 0 Å². The molecule has 28 heavy (non-hydrogen) atoms. The lowest BCUT2D eigenvalue weighted by molar-refractivity contribution is 0.282. The second-order valence-electron chi connectivity index (χ2n) is 6.63. The summed E-state index contributed by atoms with van der Waals surface area (Å²) in [6.45, 7) is 5.12. The monoisotopic (exact) mass is 443 g/mol. The van der Waals surface area contributed by atoms with Gasteiger partial charge in [-0.1, -0.05) is 24.3 Å². The molecule has 0 atom stereocenters. The van der Waals surface area contributed by atoms with Gasteiger partial charge in [-0.25, -0.2) is 4.39 Å². The predicted molar refractivity (Wildman–Crippen MR) is 115 cm³/mol.